The summed E-state index contributed by atoms with van der Waals surface area (Å²) in [6.45, 7) is 6.55. The molecule has 3 aliphatic rings. The number of carbonyl (C=O) groups is 2. The first-order chi connectivity index (χ1) is 29.5. The molecule has 3 aliphatic heterocycles. The summed E-state index contributed by atoms with van der Waals surface area (Å²) in [5.41, 5.74) is 5.20. The van der Waals surface area contributed by atoms with Gasteiger partial charge in [-0.2, -0.15) is 4.72 Å². The fourth-order valence-corrected chi connectivity index (χ4v) is 9.88. The number of piperidine rings is 1. The molecule has 0 bridgehead atoms. The molecular weight excluding hydrogens is 791 g/mol. The lowest BCUT2D eigenvalue weighted by Gasteiger charge is -2.46. The van der Waals surface area contributed by atoms with Crippen molar-refractivity contribution >= 4 is 33.2 Å². The Morgan fingerprint density at radius 1 is 0.836 bits per heavy atom. The maximum atomic E-state index is 13.8. The first-order valence-electron chi connectivity index (χ1n) is 20.9. The average molecular weight is 844 g/mol. The molecule has 5 aromatic rings. The van der Waals surface area contributed by atoms with Crippen LogP contribution in [0.15, 0.2) is 138 Å². The molecule has 3 heterocycles. The number of para-hydroxylation sites is 1. The van der Waals surface area contributed by atoms with Crippen molar-refractivity contribution < 1.29 is 32.6 Å². The molecule has 1 spiro atoms. The zero-order valence-electron chi connectivity index (χ0n) is 34.4. The molecule has 13 heteroatoms. The zero-order valence-corrected chi connectivity index (χ0v) is 35.3. The number of likely N-dealkylation sites (tertiary alicyclic amines) is 1. The maximum Gasteiger partial charge on any atom is 0.247 e. The molecule has 0 unspecified atom stereocenters. The van der Waals surface area contributed by atoms with Crippen LogP contribution in [-0.4, -0.2) is 74.2 Å². The minimum atomic E-state index is -4.01. The summed E-state index contributed by atoms with van der Waals surface area (Å²) in [6.07, 6.45) is 0.252. The van der Waals surface area contributed by atoms with Gasteiger partial charge < -0.3 is 35.0 Å². The minimum Gasteiger partial charge on any atom is -0.392 e. The van der Waals surface area contributed by atoms with E-state index < -0.39 is 33.8 Å². The second kappa shape index (κ2) is 18.3. The summed E-state index contributed by atoms with van der Waals surface area (Å²) in [6, 6.07) is 39.8. The molecule has 12 nitrogen and oxygen atoms in total. The highest BCUT2D eigenvalue weighted by atomic mass is 32.2. The Morgan fingerprint density at radius 2 is 1.48 bits per heavy atom. The van der Waals surface area contributed by atoms with E-state index in [9.17, 15) is 23.1 Å². The lowest BCUT2D eigenvalue weighted by atomic mass is 9.84. The van der Waals surface area contributed by atoms with Gasteiger partial charge in [0.05, 0.1) is 30.4 Å². The number of nitrogens with one attached hydrogen (secondary N) is 3. The molecule has 8 rings (SSSR count). The number of sulfonamides is 1. The van der Waals surface area contributed by atoms with Crippen LogP contribution in [0.3, 0.4) is 0 Å². The number of hydrogen-bond donors (Lipinski definition) is 4. The van der Waals surface area contributed by atoms with Crippen molar-refractivity contribution in [2.75, 3.05) is 36.5 Å². The Balaban J connectivity index is 0.982. The number of benzene rings is 5. The summed E-state index contributed by atoms with van der Waals surface area (Å²) in [4.78, 5) is 31.9. The average Bonchev–Trinajstić information content (AvgIpc) is 3.59. The number of amides is 2. The molecule has 0 aromatic heterocycles. The molecule has 0 aliphatic carbocycles. The van der Waals surface area contributed by atoms with Crippen molar-refractivity contribution in [2.24, 2.45) is 5.92 Å². The number of aliphatic hydroxyl groups is 1. The molecule has 4 N–H and O–H groups in total. The number of anilines is 2. The van der Waals surface area contributed by atoms with Gasteiger partial charge in [0.1, 0.15) is 11.6 Å². The zero-order chi connectivity index (χ0) is 42.6. The summed E-state index contributed by atoms with van der Waals surface area (Å²) < 4.78 is 43.0. The molecule has 5 atom stereocenters. The SMILES string of the molecule is Cc1ccc(S(=O)(=O)N[C@H](Cc2ccccc2)C(=O)Nc2ccc([C@H]3O[C@@H](CN4CCC5(CC4)C(=O)NCN5c4ccccc4)[C@@H](C)[C@@H](c4ccc(CO)cc4)O3)cc2)cc1. The van der Waals surface area contributed by atoms with Gasteiger partial charge in [0.2, 0.25) is 21.8 Å². The van der Waals surface area contributed by atoms with Crippen molar-refractivity contribution in [2.45, 2.75) is 74.7 Å². The van der Waals surface area contributed by atoms with E-state index in [0.717, 1.165) is 46.6 Å². The number of aryl methyl sites for hydroxylation is 1. The third-order valence-corrected chi connectivity index (χ3v) is 13.8. The van der Waals surface area contributed by atoms with E-state index in [1.54, 1.807) is 24.3 Å². The van der Waals surface area contributed by atoms with Crippen LogP contribution >= 0.6 is 0 Å². The lowest BCUT2D eigenvalue weighted by molar-refractivity contribution is -0.276. The van der Waals surface area contributed by atoms with Gasteiger partial charge in [-0.15, -0.1) is 0 Å². The van der Waals surface area contributed by atoms with E-state index in [4.69, 9.17) is 9.47 Å². The van der Waals surface area contributed by atoms with E-state index in [1.165, 1.54) is 12.1 Å². The lowest BCUT2D eigenvalue weighted by Crippen LogP contribution is -2.57. The highest BCUT2D eigenvalue weighted by Gasteiger charge is 2.51. The predicted octanol–water partition coefficient (Wildman–Crippen LogP) is 6.24. The summed E-state index contributed by atoms with van der Waals surface area (Å²) in [7, 11) is -4.01. The molecule has 318 valence electrons. The molecule has 3 saturated heterocycles. The summed E-state index contributed by atoms with van der Waals surface area (Å²) in [5, 5.41) is 15.7. The van der Waals surface area contributed by atoms with Crippen LogP contribution in [-0.2, 0) is 42.1 Å². The number of aliphatic hydroxyl groups excluding tert-OH is 1. The van der Waals surface area contributed by atoms with Crippen LogP contribution in [0.25, 0.3) is 0 Å². The van der Waals surface area contributed by atoms with E-state index in [0.29, 0.717) is 31.7 Å². The molecule has 2 amide bonds. The third-order valence-electron chi connectivity index (χ3n) is 12.3. The Morgan fingerprint density at radius 3 is 2.13 bits per heavy atom. The first kappa shape index (κ1) is 42.3. The molecule has 0 radical (unpaired) electrons. The third kappa shape index (κ3) is 9.42. The smallest absolute Gasteiger partial charge is 0.247 e. The highest BCUT2D eigenvalue weighted by molar-refractivity contribution is 7.89. The Hall–Kier alpha value is -5.41. The minimum absolute atomic E-state index is 0.0356. The number of ether oxygens (including phenoxy) is 2. The van der Waals surface area contributed by atoms with Crippen LogP contribution in [0.2, 0.25) is 0 Å². The van der Waals surface area contributed by atoms with Crippen molar-refractivity contribution in [3.63, 3.8) is 0 Å². The van der Waals surface area contributed by atoms with E-state index in [-0.39, 0.29) is 42.0 Å². The Bertz CT molecular complexity index is 2380. The quantitative estimate of drug-likeness (QED) is 0.108. The van der Waals surface area contributed by atoms with Gasteiger partial charge in [0.15, 0.2) is 6.29 Å². The number of nitrogens with zero attached hydrogens (tertiary/aromatic N) is 2. The molecule has 5 aromatic carbocycles. The fourth-order valence-electron chi connectivity index (χ4n) is 8.68. The second-order valence-corrected chi connectivity index (χ2v) is 18.1. The normalized spacial score (nSPS) is 22.1. The molecule has 0 saturated carbocycles. The summed E-state index contributed by atoms with van der Waals surface area (Å²) in [5.74, 6) is -0.456. The van der Waals surface area contributed by atoms with Gasteiger partial charge in [-0.3, -0.25) is 9.59 Å². The molecule has 61 heavy (non-hydrogen) atoms. The number of hydrogen-bond acceptors (Lipinski definition) is 9. The van der Waals surface area contributed by atoms with Crippen molar-refractivity contribution in [1.29, 1.82) is 0 Å². The Labute approximate surface area is 357 Å². The number of rotatable bonds is 13. The van der Waals surface area contributed by atoms with Gasteiger partial charge in [-0.05, 0) is 79.3 Å². The second-order valence-electron chi connectivity index (χ2n) is 16.4. The van der Waals surface area contributed by atoms with E-state index in [1.807, 2.05) is 91.9 Å². The van der Waals surface area contributed by atoms with Crippen molar-refractivity contribution in [3.8, 4) is 0 Å². The summed E-state index contributed by atoms with van der Waals surface area (Å²) >= 11 is 0. The predicted molar refractivity (Wildman–Crippen MR) is 234 cm³/mol. The van der Waals surface area contributed by atoms with Crippen LogP contribution in [0, 0.1) is 12.8 Å². The fraction of sp³-hybridized carbons (Fsp3) is 0.333. The highest BCUT2D eigenvalue weighted by Crippen LogP contribution is 2.43. The van der Waals surface area contributed by atoms with E-state index in [2.05, 4.69) is 44.2 Å². The topological polar surface area (TPSA) is 150 Å². The van der Waals surface area contributed by atoms with Gasteiger partial charge >= 0.3 is 0 Å². The monoisotopic (exact) mass is 843 g/mol. The van der Waals surface area contributed by atoms with Gasteiger partial charge in [-0.25, -0.2) is 8.42 Å². The van der Waals surface area contributed by atoms with E-state index >= 15 is 0 Å². The largest absolute Gasteiger partial charge is 0.392 e. The number of carbonyl (C=O) groups excluding carboxylic acids is 2. The van der Waals surface area contributed by atoms with Crippen molar-refractivity contribution in [1.82, 2.24) is 14.9 Å². The van der Waals surface area contributed by atoms with Crippen LogP contribution in [0.5, 0.6) is 0 Å². The first-order valence-corrected chi connectivity index (χ1v) is 22.4. The standard InChI is InChI=1S/C48H53N5O7S/c1-33-13-23-41(24-14-33)61(57,58)51-42(29-35-9-5-3-6-10-35)45(55)50-39-21-19-38(20-22-39)46-59-43(34(2)44(60-46)37-17-15-36(31-54)16-18-37)30-52-27-25-48(26-28-52)47(56)49-32-53(48)40-11-7-4-8-12-40/h3-24,34,42-44,46,51,54H,25-32H2,1-2H3,(H,49,56)(H,50,55)/t34-,42-,43+,44+,46+/m1/s1. The van der Waals surface area contributed by atoms with Gasteiger partial charge in [0.25, 0.3) is 0 Å². The van der Waals surface area contributed by atoms with Crippen LogP contribution in [0.4, 0.5) is 11.4 Å². The Kier molecular flexibility index (Phi) is 12.7. The van der Waals surface area contributed by atoms with Crippen molar-refractivity contribution in [3.05, 3.63) is 161 Å². The maximum absolute atomic E-state index is 13.8. The molecule has 3 fully saturated rings. The molecular formula is C48H53N5O7S. The van der Waals surface area contributed by atoms with Gasteiger partial charge in [0, 0.05) is 42.5 Å². The van der Waals surface area contributed by atoms with Crippen LogP contribution in [0.1, 0.15) is 60.0 Å². The van der Waals surface area contributed by atoms with Crippen LogP contribution < -0.4 is 20.3 Å². The van der Waals surface area contributed by atoms with Gasteiger partial charge in [-0.1, -0.05) is 110 Å².